The largest absolute Gasteiger partial charge is 0.306 e. The summed E-state index contributed by atoms with van der Waals surface area (Å²) in [6.07, 6.45) is 7.57. The fraction of sp³-hybridized carbons (Fsp3) is 0.588. The number of benzene rings is 1. The van der Waals surface area contributed by atoms with Crippen molar-refractivity contribution in [3.05, 3.63) is 35.9 Å². The van der Waals surface area contributed by atoms with Gasteiger partial charge >= 0.3 is 0 Å². The highest BCUT2D eigenvalue weighted by molar-refractivity contribution is 5.96. The van der Waals surface area contributed by atoms with Gasteiger partial charge in [0.2, 0.25) is 0 Å². The van der Waals surface area contributed by atoms with Crippen LogP contribution in [0.5, 0.6) is 0 Å². The summed E-state index contributed by atoms with van der Waals surface area (Å²) in [6, 6.07) is 9.62. The summed E-state index contributed by atoms with van der Waals surface area (Å²) in [4.78, 5) is 14.3. The van der Waals surface area contributed by atoms with Crippen LogP contribution in [0.2, 0.25) is 0 Å². The van der Waals surface area contributed by atoms with E-state index in [1.165, 1.54) is 32.1 Å². The molecule has 2 rings (SSSR count). The fourth-order valence-electron chi connectivity index (χ4n) is 2.96. The van der Waals surface area contributed by atoms with Crippen LogP contribution in [0.25, 0.3) is 0 Å². The lowest BCUT2D eigenvalue weighted by Crippen LogP contribution is -2.29. The van der Waals surface area contributed by atoms with Crippen molar-refractivity contribution < 1.29 is 4.79 Å². The maximum absolute atomic E-state index is 12.0. The van der Waals surface area contributed by atoms with Crippen molar-refractivity contribution in [3.8, 4) is 0 Å². The molecule has 2 heteroatoms. The van der Waals surface area contributed by atoms with Crippen LogP contribution in [-0.2, 0) is 0 Å². The van der Waals surface area contributed by atoms with Crippen molar-refractivity contribution in [2.75, 3.05) is 20.1 Å². The highest BCUT2D eigenvalue weighted by Gasteiger charge is 2.15. The quantitative estimate of drug-likeness (QED) is 0.725. The van der Waals surface area contributed by atoms with Crippen LogP contribution < -0.4 is 0 Å². The first-order chi connectivity index (χ1) is 9.25. The van der Waals surface area contributed by atoms with Crippen molar-refractivity contribution >= 4 is 5.78 Å². The van der Waals surface area contributed by atoms with Gasteiger partial charge in [0.25, 0.3) is 0 Å². The number of carbonyl (C=O) groups excluding carboxylic acids is 1. The van der Waals surface area contributed by atoms with E-state index in [4.69, 9.17) is 0 Å². The van der Waals surface area contributed by atoms with E-state index in [-0.39, 0.29) is 5.78 Å². The third-order valence-corrected chi connectivity index (χ3v) is 4.11. The number of rotatable bonds is 6. The van der Waals surface area contributed by atoms with Gasteiger partial charge in [-0.25, -0.2) is 0 Å². The average Bonchev–Trinajstić information content (AvgIpc) is 2.47. The number of nitrogens with zero attached hydrogens (tertiary/aromatic N) is 1. The number of hydrogen-bond acceptors (Lipinski definition) is 2. The Morgan fingerprint density at radius 2 is 1.84 bits per heavy atom. The van der Waals surface area contributed by atoms with E-state index in [1.54, 1.807) is 0 Å². The van der Waals surface area contributed by atoms with E-state index in [2.05, 4.69) is 11.9 Å². The van der Waals surface area contributed by atoms with Crippen molar-refractivity contribution in [1.82, 2.24) is 4.90 Å². The zero-order chi connectivity index (χ0) is 13.5. The second-order valence-electron chi connectivity index (χ2n) is 5.81. The molecule has 2 nitrogen and oxygen atoms in total. The molecule has 0 N–H and O–H groups in total. The van der Waals surface area contributed by atoms with E-state index in [0.29, 0.717) is 6.42 Å². The predicted molar refractivity (Wildman–Crippen MR) is 79.5 cm³/mol. The first-order valence-corrected chi connectivity index (χ1v) is 7.52. The molecule has 1 aromatic carbocycles. The summed E-state index contributed by atoms with van der Waals surface area (Å²) in [5.74, 6) is 1.11. The predicted octanol–water partition coefficient (Wildman–Crippen LogP) is 3.77. The molecule has 1 aliphatic carbocycles. The van der Waals surface area contributed by atoms with E-state index < -0.39 is 0 Å². The molecule has 0 aliphatic heterocycles. The van der Waals surface area contributed by atoms with Crippen LogP contribution in [0, 0.1) is 5.92 Å². The number of Topliss-reactive ketones (excluding diaryl/α,β-unsaturated/α-hetero) is 1. The topological polar surface area (TPSA) is 20.3 Å². The molecule has 0 heterocycles. The average molecular weight is 259 g/mol. The van der Waals surface area contributed by atoms with Gasteiger partial charge in [0, 0.05) is 25.1 Å². The zero-order valence-electron chi connectivity index (χ0n) is 12.0. The zero-order valence-corrected chi connectivity index (χ0v) is 12.0. The molecule has 0 spiro atoms. The minimum atomic E-state index is 0.260. The van der Waals surface area contributed by atoms with Gasteiger partial charge in [-0.3, -0.25) is 4.79 Å². The van der Waals surface area contributed by atoms with Crippen molar-refractivity contribution in [2.45, 2.75) is 38.5 Å². The Morgan fingerprint density at radius 3 is 2.53 bits per heavy atom. The Labute approximate surface area is 116 Å². The molecule has 0 unspecified atom stereocenters. The summed E-state index contributed by atoms with van der Waals surface area (Å²) in [6.45, 7) is 2.03. The molecule has 0 atom stereocenters. The van der Waals surface area contributed by atoms with Crippen LogP contribution in [0.15, 0.2) is 30.3 Å². The van der Waals surface area contributed by atoms with Gasteiger partial charge < -0.3 is 4.90 Å². The SMILES string of the molecule is CN(CCC(=O)c1ccccc1)CC1CCCCC1. The molecule has 1 saturated carbocycles. The van der Waals surface area contributed by atoms with E-state index in [9.17, 15) is 4.79 Å². The van der Waals surface area contributed by atoms with Gasteiger partial charge in [-0.15, -0.1) is 0 Å². The van der Waals surface area contributed by atoms with Gasteiger partial charge in [0.1, 0.15) is 0 Å². The van der Waals surface area contributed by atoms with Crippen LogP contribution in [0.3, 0.4) is 0 Å². The molecule has 1 aliphatic rings. The minimum absolute atomic E-state index is 0.260. The first-order valence-electron chi connectivity index (χ1n) is 7.52. The Hall–Kier alpha value is -1.15. The van der Waals surface area contributed by atoms with Crippen LogP contribution >= 0.6 is 0 Å². The van der Waals surface area contributed by atoms with Gasteiger partial charge in [0.05, 0.1) is 0 Å². The number of carbonyl (C=O) groups is 1. The lowest BCUT2D eigenvalue weighted by Gasteiger charge is -2.26. The van der Waals surface area contributed by atoms with Gasteiger partial charge in [-0.1, -0.05) is 49.6 Å². The molecular formula is C17H25NO. The third kappa shape index (κ3) is 4.79. The highest BCUT2D eigenvalue weighted by atomic mass is 16.1. The number of hydrogen-bond donors (Lipinski definition) is 0. The Morgan fingerprint density at radius 1 is 1.16 bits per heavy atom. The molecule has 19 heavy (non-hydrogen) atoms. The fourth-order valence-corrected chi connectivity index (χ4v) is 2.96. The monoisotopic (exact) mass is 259 g/mol. The maximum Gasteiger partial charge on any atom is 0.164 e. The summed E-state index contributed by atoms with van der Waals surface area (Å²) in [5, 5.41) is 0. The molecule has 0 aromatic heterocycles. The van der Waals surface area contributed by atoms with Crippen molar-refractivity contribution in [2.24, 2.45) is 5.92 Å². The third-order valence-electron chi connectivity index (χ3n) is 4.11. The Bertz CT molecular complexity index is 382. The second-order valence-corrected chi connectivity index (χ2v) is 5.81. The van der Waals surface area contributed by atoms with Crippen LogP contribution in [0.4, 0.5) is 0 Å². The lowest BCUT2D eigenvalue weighted by molar-refractivity contribution is 0.0964. The van der Waals surface area contributed by atoms with Gasteiger partial charge in [0.15, 0.2) is 5.78 Å². The van der Waals surface area contributed by atoms with Crippen LogP contribution in [-0.4, -0.2) is 30.8 Å². The lowest BCUT2D eigenvalue weighted by atomic mass is 9.89. The Balaban J connectivity index is 1.71. The minimum Gasteiger partial charge on any atom is -0.306 e. The summed E-state index contributed by atoms with van der Waals surface area (Å²) in [7, 11) is 2.15. The molecule has 104 valence electrons. The Kier molecular flexibility index (Phi) is 5.59. The molecule has 0 radical (unpaired) electrons. The summed E-state index contributed by atoms with van der Waals surface area (Å²) < 4.78 is 0. The molecule has 0 bridgehead atoms. The van der Waals surface area contributed by atoms with Gasteiger partial charge in [-0.2, -0.15) is 0 Å². The molecular weight excluding hydrogens is 234 g/mol. The maximum atomic E-state index is 12.0. The normalized spacial score (nSPS) is 16.7. The number of ketones is 1. The highest BCUT2D eigenvalue weighted by Crippen LogP contribution is 2.24. The molecule has 1 aromatic rings. The van der Waals surface area contributed by atoms with Crippen LogP contribution in [0.1, 0.15) is 48.9 Å². The molecule has 1 fully saturated rings. The van der Waals surface area contributed by atoms with Crippen molar-refractivity contribution in [3.63, 3.8) is 0 Å². The molecule has 0 saturated heterocycles. The molecule has 0 amide bonds. The van der Waals surface area contributed by atoms with E-state index >= 15 is 0 Å². The van der Waals surface area contributed by atoms with E-state index in [1.807, 2.05) is 30.3 Å². The van der Waals surface area contributed by atoms with Gasteiger partial charge in [-0.05, 0) is 25.8 Å². The second kappa shape index (κ2) is 7.44. The standard InChI is InChI=1S/C17H25NO/c1-18(14-15-8-4-2-5-9-15)13-12-17(19)16-10-6-3-7-11-16/h3,6-7,10-11,15H,2,4-5,8-9,12-14H2,1H3. The van der Waals surface area contributed by atoms with Crippen molar-refractivity contribution in [1.29, 1.82) is 0 Å². The summed E-state index contributed by atoms with van der Waals surface area (Å²) >= 11 is 0. The summed E-state index contributed by atoms with van der Waals surface area (Å²) in [5.41, 5.74) is 0.841. The smallest absolute Gasteiger partial charge is 0.164 e. The van der Waals surface area contributed by atoms with E-state index in [0.717, 1.165) is 24.6 Å². The first kappa shape index (κ1) is 14.3.